The van der Waals surface area contributed by atoms with Crippen LogP contribution in [-0.4, -0.2) is 50.2 Å². The van der Waals surface area contributed by atoms with Crippen molar-refractivity contribution in [2.75, 3.05) is 33.3 Å². The Bertz CT molecular complexity index is 203. The van der Waals surface area contributed by atoms with Crippen LogP contribution >= 0.6 is 0 Å². The average Bonchev–Trinajstić information content (AvgIpc) is 2.31. The van der Waals surface area contributed by atoms with Crippen molar-refractivity contribution in [3.63, 3.8) is 0 Å². The van der Waals surface area contributed by atoms with Crippen molar-refractivity contribution in [1.82, 2.24) is 10.2 Å². The SMILES string of the molecule is CCOC(=O)C(CCN1CCCCC1)NC. The van der Waals surface area contributed by atoms with Gasteiger partial charge in [0.05, 0.1) is 6.61 Å². The van der Waals surface area contributed by atoms with Gasteiger partial charge in [-0.05, 0) is 46.3 Å². The molecule has 0 bridgehead atoms. The van der Waals surface area contributed by atoms with Crippen LogP contribution in [0.1, 0.15) is 32.6 Å². The second-order valence-electron chi connectivity index (χ2n) is 4.28. The Balaban J connectivity index is 2.24. The molecule has 0 spiro atoms. The van der Waals surface area contributed by atoms with E-state index in [1.807, 2.05) is 14.0 Å². The highest BCUT2D eigenvalue weighted by atomic mass is 16.5. The van der Waals surface area contributed by atoms with Crippen LogP contribution in [-0.2, 0) is 9.53 Å². The lowest BCUT2D eigenvalue weighted by molar-refractivity contribution is -0.145. The summed E-state index contributed by atoms with van der Waals surface area (Å²) in [6.07, 6.45) is 4.78. The first kappa shape index (κ1) is 13.5. The highest BCUT2D eigenvalue weighted by molar-refractivity contribution is 5.75. The fourth-order valence-corrected chi connectivity index (χ4v) is 2.12. The third kappa shape index (κ3) is 4.49. The molecule has 0 aliphatic carbocycles. The molecule has 16 heavy (non-hydrogen) atoms. The second kappa shape index (κ2) is 7.63. The Labute approximate surface area is 98.3 Å². The summed E-state index contributed by atoms with van der Waals surface area (Å²) in [7, 11) is 1.82. The van der Waals surface area contributed by atoms with Gasteiger partial charge in [-0.2, -0.15) is 0 Å². The van der Waals surface area contributed by atoms with E-state index in [2.05, 4.69) is 10.2 Å². The number of ether oxygens (including phenoxy) is 1. The first-order valence-electron chi connectivity index (χ1n) is 6.34. The van der Waals surface area contributed by atoms with Crippen LogP contribution in [0.5, 0.6) is 0 Å². The van der Waals surface area contributed by atoms with E-state index >= 15 is 0 Å². The minimum atomic E-state index is -0.151. The highest BCUT2D eigenvalue weighted by Gasteiger charge is 2.19. The Kier molecular flexibility index (Phi) is 6.42. The molecule has 0 saturated carbocycles. The maximum absolute atomic E-state index is 11.5. The standard InChI is InChI=1S/C12H24N2O2/c1-3-16-12(15)11(13-2)7-10-14-8-5-4-6-9-14/h11,13H,3-10H2,1-2H3. The summed E-state index contributed by atoms with van der Waals surface area (Å²) < 4.78 is 5.01. The number of hydrogen-bond acceptors (Lipinski definition) is 4. The van der Waals surface area contributed by atoms with Crippen LogP contribution in [0, 0.1) is 0 Å². The minimum Gasteiger partial charge on any atom is -0.465 e. The number of nitrogens with one attached hydrogen (secondary N) is 1. The van der Waals surface area contributed by atoms with E-state index in [0.29, 0.717) is 6.61 Å². The van der Waals surface area contributed by atoms with Gasteiger partial charge in [0.2, 0.25) is 0 Å². The summed E-state index contributed by atoms with van der Waals surface area (Å²) in [4.78, 5) is 14.0. The second-order valence-corrected chi connectivity index (χ2v) is 4.28. The van der Waals surface area contributed by atoms with Gasteiger partial charge < -0.3 is 15.0 Å². The quantitative estimate of drug-likeness (QED) is 0.689. The zero-order valence-corrected chi connectivity index (χ0v) is 10.5. The van der Waals surface area contributed by atoms with Gasteiger partial charge in [-0.1, -0.05) is 6.42 Å². The molecule has 0 radical (unpaired) electrons. The van der Waals surface area contributed by atoms with Gasteiger partial charge in [0.15, 0.2) is 0 Å². The summed E-state index contributed by atoms with van der Waals surface area (Å²) in [5.74, 6) is -0.123. The molecule has 1 N–H and O–H groups in total. The van der Waals surface area contributed by atoms with Gasteiger partial charge >= 0.3 is 5.97 Å². The first-order valence-corrected chi connectivity index (χ1v) is 6.34. The van der Waals surface area contributed by atoms with E-state index < -0.39 is 0 Å². The number of piperidine rings is 1. The molecule has 1 aliphatic heterocycles. The predicted molar refractivity (Wildman–Crippen MR) is 64.4 cm³/mol. The van der Waals surface area contributed by atoms with Crippen LogP contribution in [0.15, 0.2) is 0 Å². The molecule has 1 heterocycles. The monoisotopic (exact) mass is 228 g/mol. The van der Waals surface area contributed by atoms with Crippen molar-refractivity contribution in [1.29, 1.82) is 0 Å². The molecular weight excluding hydrogens is 204 g/mol. The van der Waals surface area contributed by atoms with E-state index in [-0.39, 0.29) is 12.0 Å². The van der Waals surface area contributed by atoms with Crippen LogP contribution in [0.2, 0.25) is 0 Å². The summed E-state index contributed by atoms with van der Waals surface area (Å²) >= 11 is 0. The smallest absolute Gasteiger partial charge is 0.323 e. The number of likely N-dealkylation sites (tertiary alicyclic amines) is 1. The lowest BCUT2D eigenvalue weighted by Gasteiger charge is -2.27. The van der Waals surface area contributed by atoms with E-state index in [1.54, 1.807) is 0 Å². The van der Waals surface area contributed by atoms with E-state index in [9.17, 15) is 4.79 Å². The number of carbonyl (C=O) groups excluding carboxylic acids is 1. The van der Waals surface area contributed by atoms with E-state index in [0.717, 1.165) is 13.0 Å². The summed E-state index contributed by atoms with van der Waals surface area (Å²) in [6, 6.07) is -0.151. The Morgan fingerprint density at radius 2 is 2.06 bits per heavy atom. The molecule has 4 nitrogen and oxygen atoms in total. The topological polar surface area (TPSA) is 41.6 Å². The maximum atomic E-state index is 11.5. The van der Waals surface area contributed by atoms with Gasteiger partial charge in [0, 0.05) is 6.54 Å². The van der Waals surface area contributed by atoms with Gasteiger partial charge in [-0.15, -0.1) is 0 Å². The predicted octanol–water partition coefficient (Wildman–Crippen LogP) is 1.01. The van der Waals surface area contributed by atoms with Crippen molar-refractivity contribution in [3.05, 3.63) is 0 Å². The maximum Gasteiger partial charge on any atom is 0.323 e. The third-order valence-corrected chi connectivity index (χ3v) is 3.10. The number of carbonyl (C=O) groups is 1. The first-order chi connectivity index (χ1) is 7.77. The minimum absolute atomic E-state index is 0.123. The average molecular weight is 228 g/mol. The molecule has 94 valence electrons. The van der Waals surface area contributed by atoms with Gasteiger partial charge in [-0.3, -0.25) is 4.79 Å². The fraction of sp³-hybridized carbons (Fsp3) is 0.917. The molecule has 1 aliphatic rings. The molecule has 0 amide bonds. The Hall–Kier alpha value is -0.610. The number of esters is 1. The van der Waals surface area contributed by atoms with Crippen molar-refractivity contribution >= 4 is 5.97 Å². The van der Waals surface area contributed by atoms with Gasteiger partial charge in [0.1, 0.15) is 6.04 Å². The third-order valence-electron chi connectivity index (χ3n) is 3.10. The molecule has 1 atom stereocenters. The Morgan fingerprint density at radius 1 is 1.38 bits per heavy atom. The zero-order valence-electron chi connectivity index (χ0n) is 10.5. The number of hydrogen-bond donors (Lipinski definition) is 1. The normalized spacial score (nSPS) is 19.4. The summed E-state index contributed by atoms with van der Waals surface area (Å²) in [6.45, 7) is 5.65. The number of nitrogens with zero attached hydrogens (tertiary/aromatic N) is 1. The summed E-state index contributed by atoms with van der Waals surface area (Å²) in [5, 5.41) is 3.03. The molecule has 4 heteroatoms. The summed E-state index contributed by atoms with van der Waals surface area (Å²) in [5.41, 5.74) is 0. The molecule has 1 saturated heterocycles. The van der Waals surface area contributed by atoms with Crippen molar-refractivity contribution in [2.24, 2.45) is 0 Å². The molecular formula is C12H24N2O2. The van der Waals surface area contributed by atoms with Gasteiger partial charge in [-0.25, -0.2) is 0 Å². The largest absolute Gasteiger partial charge is 0.465 e. The molecule has 0 aromatic heterocycles. The lowest BCUT2D eigenvalue weighted by atomic mass is 10.1. The van der Waals surface area contributed by atoms with Crippen molar-refractivity contribution in [2.45, 2.75) is 38.6 Å². The number of likely N-dealkylation sites (N-methyl/N-ethyl adjacent to an activating group) is 1. The molecule has 1 fully saturated rings. The van der Waals surface area contributed by atoms with Crippen LogP contribution in [0.4, 0.5) is 0 Å². The van der Waals surface area contributed by atoms with Crippen LogP contribution in [0.25, 0.3) is 0 Å². The number of rotatable bonds is 6. The molecule has 0 aromatic carbocycles. The molecule has 1 unspecified atom stereocenters. The van der Waals surface area contributed by atoms with Crippen LogP contribution in [0.3, 0.4) is 0 Å². The Morgan fingerprint density at radius 3 is 2.62 bits per heavy atom. The van der Waals surface area contributed by atoms with Crippen molar-refractivity contribution in [3.8, 4) is 0 Å². The lowest BCUT2D eigenvalue weighted by Crippen LogP contribution is -2.40. The molecule has 0 aromatic rings. The van der Waals surface area contributed by atoms with E-state index in [4.69, 9.17) is 4.74 Å². The van der Waals surface area contributed by atoms with E-state index in [1.165, 1.54) is 32.4 Å². The fourth-order valence-electron chi connectivity index (χ4n) is 2.12. The van der Waals surface area contributed by atoms with Crippen molar-refractivity contribution < 1.29 is 9.53 Å². The molecule has 1 rings (SSSR count). The highest BCUT2D eigenvalue weighted by Crippen LogP contribution is 2.09. The van der Waals surface area contributed by atoms with Gasteiger partial charge in [0.25, 0.3) is 0 Å². The zero-order chi connectivity index (χ0) is 11.8. The van der Waals surface area contributed by atoms with Crippen LogP contribution < -0.4 is 5.32 Å².